The molecule has 10 nitrogen and oxygen atoms in total. The smallest absolute Gasteiger partial charge is 0.317 e. The number of thiophene rings is 1. The number of urea groups is 1. The zero-order valence-corrected chi connectivity index (χ0v) is 17.2. The molecule has 3 aromatic rings. The molecule has 11 heteroatoms. The molecule has 0 spiro atoms. The Morgan fingerprint density at radius 3 is 2.93 bits per heavy atom. The van der Waals surface area contributed by atoms with Gasteiger partial charge in [0.1, 0.15) is 4.83 Å². The highest BCUT2D eigenvalue weighted by molar-refractivity contribution is 7.16. The lowest BCUT2D eigenvalue weighted by Crippen LogP contribution is -2.50. The molecule has 2 N–H and O–H groups in total. The van der Waals surface area contributed by atoms with Crippen molar-refractivity contribution < 1.29 is 14.7 Å². The standard InChI is InChI=1S/C19H22N6O4S/c1-23-8-14(7-22-23)12-6-13(18(27)28)10-25(9-12)19(29)20-3-4-24-11-21-16-15(17(24)26)2-5-30-16/h2,5,7-8,11-13H,3-4,6,9-10H2,1H3,(H,20,29)(H,27,28). The third-order valence-corrected chi connectivity index (χ3v) is 6.18. The fourth-order valence-electron chi connectivity index (χ4n) is 3.78. The highest BCUT2D eigenvalue weighted by atomic mass is 32.1. The molecule has 2 amide bonds. The minimum absolute atomic E-state index is 0.0906. The summed E-state index contributed by atoms with van der Waals surface area (Å²) in [4.78, 5) is 43.2. The third-order valence-electron chi connectivity index (χ3n) is 5.36. The van der Waals surface area contributed by atoms with E-state index in [2.05, 4.69) is 15.4 Å². The van der Waals surface area contributed by atoms with Crippen molar-refractivity contribution in [2.75, 3.05) is 19.6 Å². The Morgan fingerprint density at radius 2 is 2.20 bits per heavy atom. The second-order valence-corrected chi connectivity index (χ2v) is 8.33. The van der Waals surface area contributed by atoms with Gasteiger partial charge in [-0.05, 0) is 23.4 Å². The SMILES string of the molecule is Cn1cc(C2CC(C(=O)O)CN(C(=O)NCCn3cnc4sccc4c3=O)C2)cn1. The van der Waals surface area contributed by atoms with E-state index in [0.717, 1.165) is 5.56 Å². The Balaban J connectivity index is 1.40. The number of aryl methyl sites for hydroxylation is 1. The van der Waals surface area contributed by atoms with Crippen LogP contribution in [-0.2, 0) is 18.4 Å². The number of aliphatic carboxylic acids is 1. The second-order valence-electron chi connectivity index (χ2n) is 7.43. The summed E-state index contributed by atoms with van der Waals surface area (Å²) in [6, 6.07) is 1.40. The number of carboxylic acids is 1. The zero-order valence-electron chi connectivity index (χ0n) is 16.4. The van der Waals surface area contributed by atoms with Crippen LogP contribution < -0.4 is 10.9 Å². The van der Waals surface area contributed by atoms with Crippen LogP contribution in [0, 0.1) is 5.92 Å². The van der Waals surface area contributed by atoms with E-state index >= 15 is 0 Å². The van der Waals surface area contributed by atoms with Gasteiger partial charge in [0.2, 0.25) is 0 Å². The number of amides is 2. The van der Waals surface area contributed by atoms with Gasteiger partial charge in [-0.1, -0.05) is 0 Å². The van der Waals surface area contributed by atoms with Gasteiger partial charge in [0.05, 0.1) is 23.8 Å². The first-order chi connectivity index (χ1) is 14.4. The average molecular weight is 430 g/mol. The van der Waals surface area contributed by atoms with Gasteiger partial charge in [0.15, 0.2) is 0 Å². The van der Waals surface area contributed by atoms with Crippen LogP contribution in [0.2, 0.25) is 0 Å². The average Bonchev–Trinajstić information content (AvgIpc) is 3.38. The van der Waals surface area contributed by atoms with E-state index in [-0.39, 0.29) is 37.1 Å². The minimum atomic E-state index is -0.914. The number of rotatable bonds is 5. The molecule has 1 aliphatic heterocycles. The summed E-state index contributed by atoms with van der Waals surface area (Å²) in [5.41, 5.74) is 0.777. The number of piperidine rings is 1. The summed E-state index contributed by atoms with van der Waals surface area (Å²) < 4.78 is 3.13. The summed E-state index contributed by atoms with van der Waals surface area (Å²) >= 11 is 1.41. The van der Waals surface area contributed by atoms with Gasteiger partial charge in [0, 0.05) is 45.3 Å². The van der Waals surface area contributed by atoms with E-state index in [4.69, 9.17) is 0 Å². The third kappa shape index (κ3) is 4.06. The summed E-state index contributed by atoms with van der Waals surface area (Å²) in [6.45, 7) is 1.09. The van der Waals surface area contributed by atoms with Crippen LogP contribution in [0.15, 0.2) is 35.0 Å². The molecular weight excluding hydrogens is 408 g/mol. The van der Waals surface area contributed by atoms with Crippen LogP contribution >= 0.6 is 11.3 Å². The van der Waals surface area contributed by atoms with Crippen molar-refractivity contribution in [1.29, 1.82) is 0 Å². The van der Waals surface area contributed by atoms with E-state index in [1.54, 1.807) is 24.0 Å². The molecule has 3 aromatic heterocycles. The number of nitrogens with one attached hydrogen (secondary N) is 1. The Labute approximate surface area is 175 Å². The fraction of sp³-hybridized carbons (Fsp3) is 0.421. The van der Waals surface area contributed by atoms with Crippen molar-refractivity contribution in [2.24, 2.45) is 13.0 Å². The maximum absolute atomic E-state index is 12.7. The van der Waals surface area contributed by atoms with Crippen LogP contribution in [0.25, 0.3) is 10.2 Å². The molecule has 158 valence electrons. The summed E-state index contributed by atoms with van der Waals surface area (Å²) in [5, 5.41) is 18.8. The number of hydrogen-bond acceptors (Lipinski definition) is 6. The summed E-state index contributed by atoms with van der Waals surface area (Å²) in [5.74, 6) is -1.64. The fourth-order valence-corrected chi connectivity index (χ4v) is 4.51. The molecule has 30 heavy (non-hydrogen) atoms. The van der Waals surface area contributed by atoms with Gasteiger partial charge in [-0.3, -0.25) is 18.8 Å². The number of hydrogen-bond donors (Lipinski definition) is 2. The molecule has 1 saturated heterocycles. The number of nitrogens with zero attached hydrogens (tertiary/aromatic N) is 5. The van der Waals surface area contributed by atoms with E-state index < -0.39 is 11.9 Å². The first-order valence-corrected chi connectivity index (χ1v) is 10.5. The molecule has 0 aliphatic carbocycles. The monoisotopic (exact) mass is 430 g/mol. The van der Waals surface area contributed by atoms with E-state index in [1.165, 1.54) is 27.1 Å². The van der Waals surface area contributed by atoms with Crippen molar-refractivity contribution in [3.05, 3.63) is 46.1 Å². The molecule has 2 unspecified atom stereocenters. The Hall–Kier alpha value is -3.21. The van der Waals surface area contributed by atoms with E-state index in [0.29, 0.717) is 23.2 Å². The predicted molar refractivity (Wildman–Crippen MR) is 111 cm³/mol. The van der Waals surface area contributed by atoms with Crippen LogP contribution in [-0.4, -0.2) is 61.0 Å². The number of likely N-dealkylation sites (tertiary alicyclic amines) is 1. The van der Waals surface area contributed by atoms with Crippen molar-refractivity contribution in [2.45, 2.75) is 18.9 Å². The topological polar surface area (TPSA) is 122 Å². The largest absolute Gasteiger partial charge is 0.481 e. The molecule has 0 saturated carbocycles. The highest BCUT2D eigenvalue weighted by Gasteiger charge is 2.34. The summed E-state index contributed by atoms with van der Waals surface area (Å²) in [7, 11) is 1.80. The Bertz CT molecular complexity index is 1140. The van der Waals surface area contributed by atoms with Gasteiger partial charge in [-0.25, -0.2) is 9.78 Å². The minimum Gasteiger partial charge on any atom is -0.481 e. The molecule has 0 bridgehead atoms. The lowest BCUT2D eigenvalue weighted by molar-refractivity contribution is -0.143. The van der Waals surface area contributed by atoms with E-state index in [1.807, 2.05) is 11.6 Å². The maximum Gasteiger partial charge on any atom is 0.317 e. The number of aromatic nitrogens is 4. The van der Waals surface area contributed by atoms with Crippen LogP contribution in [0.3, 0.4) is 0 Å². The number of carbonyl (C=O) groups excluding carboxylic acids is 1. The van der Waals surface area contributed by atoms with Crippen molar-refractivity contribution in [1.82, 2.24) is 29.5 Å². The molecule has 1 aliphatic rings. The number of carbonyl (C=O) groups is 2. The molecule has 4 heterocycles. The molecule has 4 rings (SSSR count). The predicted octanol–water partition coefficient (Wildman–Crippen LogP) is 1.09. The van der Waals surface area contributed by atoms with Crippen LogP contribution in [0.1, 0.15) is 17.9 Å². The lowest BCUT2D eigenvalue weighted by atomic mass is 9.86. The van der Waals surface area contributed by atoms with Crippen molar-refractivity contribution in [3.8, 4) is 0 Å². The first-order valence-electron chi connectivity index (χ1n) is 9.59. The molecular formula is C19H22N6O4S. The van der Waals surface area contributed by atoms with E-state index in [9.17, 15) is 19.5 Å². The first kappa shape index (κ1) is 20.1. The van der Waals surface area contributed by atoms with Crippen LogP contribution in [0.4, 0.5) is 4.79 Å². The number of fused-ring (bicyclic) bond motifs is 1. The zero-order chi connectivity index (χ0) is 21.3. The molecule has 0 aromatic carbocycles. The van der Waals surface area contributed by atoms with Gasteiger partial charge >= 0.3 is 12.0 Å². The second kappa shape index (κ2) is 8.27. The lowest BCUT2D eigenvalue weighted by Gasteiger charge is -2.35. The van der Waals surface area contributed by atoms with Crippen molar-refractivity contribution >= 4 is 33.6 Å². The van der Waals surface area contributed by atoms with Gasteiger partial charge < -0.3 is 15.3 Å². The Kier molecular flexibility index (Phi) is 5.53. The summed E-state index contributed by atoms with van der Waals surface area (Å²) in [6.07, 6.45) is 5.51. The normalized spacial score (nSPS) is 19.2. The van der Waals surface area contributed by atoms with Crippen molar-refractivity contribution in [3.63, 3.8) is 0 Å². The van der Waals surface area contributed by atoms with Gasteiger partial charge in [0.25, 0.3) is 5.56 Å². The molecule has 2 atom stereocenters. The van der Waals surface area contributed by atoms with Gasteiger partial charge in [-0.15, -0.1) is 11.3 Å². The molecule has 0 radical (unpaired) electrons. The van der Waals surface area contributed by atoms with Crippen LogP contribution in [0.5, 0.6) is 0 Å². The quantitative estimate of drug-likeness (QED) is 0.625. The number of carboxylic acid groups (broad SMARTS) is 1. The molecule has 1 fully saturated rings. The van der Waals surface area contributed by atoms with Gasteiger partial charge in [-0.2, -0.15) is 5.10 Å². The Morgan fingerprint density at radius 1 is 1.37 bits per heavy atom. The highest BCUT2D eigenvalue weighted by Crippen LogP contribution is 2.30. The maximum atomic E-state index is 12.7.